The van der Waals surface area contributed by atoms with Crippen molar-refractivity contribution in [3.05, 3.63) is 89.6 Å². The van der Waals surface area contributed by atoms with Crippen molar-refractivity contribution in [1.29, 1.82) is 0 Å². The number of pyridine rings is 1. The topological polar surface area (TPSA) is 74.4 Å². The fourth-order valence-electron chi connectivity index (χ4n) is 4.62. The summed E-state index contributed by atoms with van der Waals surface area (Å²) in [6, 6.07) is 22.4. The number of nitrogens with zero attached hydrogens (tertiary/aromatic N) is 1. The first-order chi connectivity index (χ1) is 16.1. The molecule has 33 heavy (non-hydrogen) atoms. The number of aromatic nitrogens is 1. The minimum Gasteiger partial charge on any atom is -0.485 e. The number of para-hydroxylation sites is 1. The lowest BCUT2D eigenvalue weighted by Gasteiger charge is -2.18. The molecule has 166 valence electrons. The van der Waals surface area contributed by atoms with E-state index in [-0.39, 0.29) is 18.5 Å². The molecule has 0 saturated carbocycles. The third kappa shape index (κ3) is 4.14. The number of carbonyl (C=O) groups excluding carboxylic acids is 1. The van der Waals surface area contributed by atoms with Crippen LogP contribution in [-0.4, -0.2) is 17.6 Å². The number of hydrogen-bond donors (Lipinski definition) is 1. The number of nitrogens with two attached hydrogens (primary N) is 1. The molecule has 1 aromatic heterocycles. The molecule has 0 aliphatic heterocycles. The quantitative estimate of drug-likeness (QED) is 0.394. The van der Waals surface area contributed by atoms with Gasteiger partial charge in [0.05, 0.1) is 13.0 Å². The maximum atomic E-state index is 12.0. The van der Waals surface area contributed by atoms with Gasteiger partial charge >= 0.3 is 5.97 Å². The molecule has 1 aliphatic carbocycles. The van der Waals surface area contributed by atoms with Crippen molar-refractivity contribution in [1.82, 2.24) is 4.98 Å². The van der Waals surface area contributed by atoms with Crippen molar-refractivity contribution in [3.63, 3.8) is 0 Å². The average molecular weight is 439 g/mol. The fraction of sp³-hybridized carbons (Fsp3) is 0.214. The second kappa shape index (κ2) is 8.94. The number of fused-ring (bicyclic) bond motifs is 2. The monoisotopic (exact) mass is 438 g/mol. The van der Waals surface area contributed by atoms with Crippen LogP contribution in [0.25, 0.3) is 21.9 Å². The average Bonchev–Trinajstić information content (AvgIpc) is 3.22. The molecule has 0 bridgehead atoms. The van der Waals surface area contributed by atoms with Crippen LogP contribution in [0, 0.1) is 0 Å². The number of nitrogen functional groups attached to an aromatic ring is 1. The molecule has 1 heterocycles. The Labute approximate surface area is 193 Å². The van der Waals surface area contributed by atoms with Crippen LogP contribution in [0.2, 0.25) is 0 Å². The summed E-state index contributed by atoms with van der Waals surface area (Å²) < 4.78 is 11.6. The second-order valence-electron chi connectivity index (χ2n) is 8.25. The lowest BCUT2D eigenvalue weighted by molar-refractivity contribution is -0.142. The normalized spacial score (nSPS) is 14.8. The molecule has 0 saturated heterocycles. The Morgan fingerprint density at radius 3 is 2.82 bits per heavy atom. The summed E-state index contributed by atoms with van der Waals surface area (Å²) in [7, 11) is 0. The first-order valence-corrected chi connectivity index (χ1v) is 11.3. The van der Waals surface area contributed by atoms with E-state index < -0.39 is 0 Å². The van der Waals surface area contributed by atoms with Crippen molar-refractivity contribution >= 4 is 22.6 Å². The molecule has 0 radical (unpaired) electrons. The van der Waals surface area contributed by atoms with E-state index in [1.165, 1.54) is 11.1 Å². The van der Waals surface area contributed by atoms with Crippen molar-refractivity contribution in [2.75, 3.05) is 12.3 Å². The van der Waals surface area contributed by atoms with Crippen LogP contribution in [0.15, 0.2) is 72.9 Å². The Bertz CT molecular complexity index is 1330. The van der Waals surface area contributed by atoms with Gasteiger partial charge in [-0.15, -0.1) is 0 Å². The summed E-state index contributed by atoms with van der Waals surface area (Å²) in [5.41, 5.74) is 11.7. The Kier molecular flexibility index (Phi) is 5.69. The molecule has 3 aromatic carbocycles. The lowest BCUT2D eigenvalue weighted by atomic mass is 9.96. The van der Waals surface area contributed by atoms with Crippen LogP contribution in [0.1, 0.15) is 36.1 Å². The van der Waals surface area contributed by atoms with E-state index in [0.717, 1.165) is 46.1 Å². The molecule has 1 aliphatic rings. The third-order valence-electron chi connectivity index (χ3n) is 6.20. The highest BCUT2D eigenvalue weighted by atomic mass is 16.5. The minimum absolute atomic E-state index is 0.0648. The first kappa shape index (κ1) is 21.0. The molecule has 0 unspecified atom stereocenters. The van der Waals surface area contributed by atoms with Gasteiger partial charge < -0.3 is 15.2 Å². The molecular weight excluding hydrogens is 412 g/mol. The number of aryl methyl sites for hydroxylation is 1. The number of benzene rings is 3. The zero-order valence-electron chi connectivity index (χ0n) is 18.6. The van der Waals surface area contributed by atoms with Crippen molar-refractivity contribution in [2.24, 2.45) is 0 Å². The highest BCUT2D eigenvalue weighted by Crippen LogP contribution is 2.39. The number of anilines is 1. The zero-order chi connectivity index (χ0) is 22.8. The standard InChI is InChI=1S/C28H26N2O3/c1-2-32-27(31)17-20-6-3-4-9-25(20)33-26-13-12-18-10-11-19(16-24(18)26)21-7-5-8-23-22(21)14-15-30-28(23)29/h3-11,14-16,26H,2,12-13,17H2,1H3,(H2,29,30)/t26-/m1/s1. The molecule has 0 amide bonds. The first-order valence-electron chi connectivity index (χ1n) is 11.3. The minimum atomic E-state index is -0.243. The van der Waals surface area contributed by atoms with Gasteiger partial charge in [-0.05, 0) is 65.6 Å². The summed E-state index contributed by atoms with van der Waals surface area (Å²) in [4.78, 5) is 16.3. The molecule has 2 N–H and O–H groups in total. The van der Waals surface area contributed by atoms with Crippen LogP contribution in [0.4, 0.5) is 5.82 Å². The van der Waals surface area contributed by atoms with Crippen LogP contribution in [-0.2, 0) is 22.4 Å². The Morgan fingerprint density at radius 1 is 1.06 bits per heavy atom. The maximum Gasteiger partial charge on any atom is 0.310 e. The number of hydrogen-bond acceptors (Lipinski definition) is 5. The van der Waals surface area contributed by atoms with Gasteiger partial charge in [0, 0.05) is 17.1 Å². The largest absolute Gasteiger partial charge is 0.485 e. The molecule has 5 heteroatoms. The Hall–Kier alpha value is -3.86. The van der Waals surface area contributed by atoms with Gasteiger partial charge in [-0.1, -0.05) is 48.5 Å². The maximum absolute atomic E-state index is 12.0. The third-order valence-corrected chi connectivity index (χ3v) is 6.20. The van der Waals surface area contributed by atoms with E-state index in [4.69, 9.17) is 15.2 Å². The second-order valence-corrected chi connectivity index (χ2v) is 8.25. The van der Waals surface area contributed by atoms with E-state index in [1.54, 1.807) is 6.20 Å². The van der Waals surface area contributed by atoms with Crippen LogP contribution in [0.3, 0.4) is 0 Å². The zero-order valence-corrected chi connectivity index (χ0v) is 18.6. The molecule has 5 rings (SSSR count). The molecule has 0 spiro atoms. The number of rotatable bonds is 6. The molecule has 4 aromatic rings. The molecule has 0 fully saturated rings. The predicted molar refractivity (Wildman–Crippen MR) is 130 cm³/mol. The van der Waals surface area contributed by atoms with Gasteiger partial charge in [-0.2, -0.15) is 0 Å². The number of ether oxygens (including phenoxy) is 2. The summed E-state index contributed by atoms with van der Waals surface area (Å²) in [5, 5.41) is 2.04. The van der Waals surface area contributed by atoms with Crippen molar-refractivity contribution in [3.8, 4) is 16.9 Å². The smallest absolute Gasteiger partial charge is 0.310 e. The highest BCUT2D eigenvalue weighted by molar-refractivity contribution is 6.01. The SMILES string of the molecule is CCOC(=O)Cc1ccccc1O[C@@H]1CCc2ccc(-c3cccc4c(N)nccc34)cc21. The number of esters is 1. The van der Waals surface area contributed by atoms with Gasteiger partial charge in [0.1, 0.15) is 17.7 Å². The molecule has 5 nitrogen and oxygen atoms in total. The van der Waals surface area contributed by atoms with Crippen molar-refractivity contribution in [2.45, 2.75) is 32.3 Å². The van der Waals surface area contributed by atoms with Gasteiger partial charge in [0.25, 0.3) is 0 Å². The summed E-state index contributed by atoms with van der Waals surface area (Å²) in [6.07, 6.45) is 3.76. The lowest BCUT2D eigenvalue weighted by Crippen LogP contribution is -2.10. The molecular formula is C28H26N2O3. The van der Waals surface area contributed by atoms with Crippen LogP contribution >= 0.6 is 0 Å². The van der Waals surface area contributed by atoms with Gasteiger partial charge in [-0.25, -0.2) is 4.98 Å². The van der Waals surface area contributed by atoms with E-state index in [0.29, 0.717) is 12.4 Å². The van der Waals surface area contributed by atoms with E-state index in [9.17, 15) is 4.79 Å². The van der Waals surface area contributed by atoms with Crippen LogP contribution in [0.5, 0.6) is 5.75 Å². The Balaban J connectivity index is 1.47. The highest BCUT2D eigenvalue weighted by Gasteiger charge is 2.26. The van der Waals surface area contributed by atoms with Crippen LogP contribution < -0.4 is 10.5 Å². The van der Waals surface area contributed by atoms with E-state index >= 15 is 0 Å². The fourth-order valence-corrected chi connectivity index (χ4v) is 4.62. The van der Waals surface area contributed by atoms with Crippen molar-refractivity contribution < 1.29 is 14.3 Å². The summed E-state index contributed by atoms with van der Waals surface area (Å²) in [5.74, 6) is 1.03. The van der Waals surface area contributed by atoms with E-state index in [1.807, 2.05) is 49.4 Å². The van der Waals surface area contributed by atoms with E-state index in [2.05, 4.69) is 29.2 Å². The summed E-state index contributed by atoms with van der Waals surface area (Å²) >= 11 is 0. The predicted octanol–water partition coefficient (Wildman–Crippen LogP) is 5.66. The number of carbonyl (C=O) groups is 1. The molecule has 1 atom stereocenters. The van der Waals surface area contributed by atoms with Gasteiger partial charge in [-0.3, -0.25) is 4.79 Å². The van der Waals surface area contributed by atoms with Gasteiger partial charge in [0.15, 0.2) is 0 Å². The Morgan fingerprint density at radius 2 is 1.94 bits per heavy atom. The van der Waals surface area contributed by atoms with Gasteiger partial charge in [0.2, 0.25) is 0 Å². The summed E-state index contributed by atoms with van der Waals surface area (Å²) in [6.45, 7) is 2.19.